The van der Waals surface area contributed by atoms with Gasteiger partial charge in [-0.25, -0.2) is 9.78 Å². The molecular weight excluding hydrogens is 328 g/mol. The van der Waals surface area contributed by atoms with E-state index in [1.807, 2.05) is 24.3 Å². The number of aromatic nitrogens is 1. The van der Waals surface area contributed by atoms with Crippen LogP contribution in [0.3, 0.4) is 0 Å². The average Bonchev–Trinajstić information content (AvgIpc) is 2.77. The van der Waals surface area contributed by atoms with Crippen LogP contribution in [0, 0.1) is 6.92 Å². The Labute approximate surface area is 124 Å². The van der Waals surface area contributed by atoms with Gasteiger partial charge in [-0.05, 0) is 24.6 Å². The monoisotopic (exact) mass is 340 g/mol. The van der Waals surface area contributed by atoms with Crippen molar-refractivity contribution in [2.24, 2.45) is 0 Å². The fraction of sp³-hybridized carbons (Fsp3) is 0.231. The summed E-state index contributed by atoms with van der Waals surface area (Å²) < 4.78 is 5.75. The molecule has 0 fully saturated rings. The molecule has 4 nitrogen and oxygen atoms in total. The van der Waals surface area contributed by atoms with E-state index in [4.69, 9.17) is 4.74 Å². The molecular formula is C13H13BrN2O2S. The molecule has 2 aromatic rings. The smallest absolute Gasteiger partial charge is 0.350 e. The van der Waals surface area contributed by atoms with Crippen LogP contribution >= 0.6 is 27.3 Å². The number of anilines is 1. The van der Waals surface area contributed by atoms with Crippen molar-refractivity contribution in [3.05, 3.63) is 44.9 Å². The Morgan fingerprint density at radius 1 is 1.53 bits per heavy atom. The second-order valence-corrected chi connectivity index (χ2v) is 5.82. The maximum absolute atomic E-state index is 11.5. The van der Waals surface area contributed by atoms with Crippen LogP contribution in [0.5, 0.6) is 0 Å². The Kier molecular flexibility index (Phi) is 4.55. The fourth-order valence-electron chi connectivity index (χ4n) is 1.58. The Hall–Kier alpha value is -1.40. The molecule has 2 rings (SSSR count). The molecule has 0 saturated heterocycles. The molecule has 0 atom stereocenters. The molecule has 100 valence electrons. The highest BCUT2D eigenvalue weighted by molar-refractivity contribution is 9.10. The normalized spacial score (nSPS) is 10.3. The number of hydrogen-bond acceptors (Lipinski definition) is 5. The average molecular weight is 341 g/mol. The number of benzene rings is 1. The van der Waals surface area contributed by atoms with Gasteiger partial charge in [-0.15, -0.1) is 0 Å². The van der Waals surface area contributed by atoms with Crippen molar-refractivity contribution in [3.63, 3.8) is 0 Å². The lowest BCUT2D eigenvalue weighted by molar-refractivity contribution is 0.0605. The van der Waals surface area contributed by atoms with Crippen molar-refractivity contribution in [2.45, 2.75) is 13.5 Å². The molecule has 0 aliphatic carbocycles. The minimum atomic E-state index is -0.342. The summed E-state index contributed by atoms with van der Waals surface area (Å²) in [4.78, 5) is 16.3. The SMILES string of the molecule is COC(=O)c1sc(NCc2cccc(Br)c2)nc1C. The van der Waals surface area contributed by atoms with E-state index in [2.05, 4.69) is 26.2 Å². The number of ether oxygens (including phenoxy) is 1. The predicted molar refractivity (Wildman–Crippen MR) is 79.7 cm³/mol. The van der Waals surface area contributed by atoms with E-state index >= 15 is 0 Å². The molecule has 0 radical (unpaired) electrons. The summed E-state index contributed by atoms with van der Waals surface area (Å²) in [6.45, 7) is 2.46. The van der Waals surface area contributed by atoms with Crippen molar-refractivity contribution in [1.29, 1.82) is 0 Å². The van der Waals surface area contributed by atoms with Gasteiger partial charge in [0.05, 0.1) is 12.8 Å². The van der Waals surface area contributed by atoms with Gasteiger partial charge in [-0.2, -0.15) is 0 Å². The number of nitrogens with one attached hydrogen (secondary N) is 1. The molecule has 0 unspecified atom stereocenters. The first-order chi connectivity index (χ1) is 9.10. The molecule has 0 spiro atoms. The first kappa shape index (κ1) is 14.0. The Bertz CT molecular complexity index is 598. The second kappa shape index (κ2) is 6.16. The predicted octanol–water partition coefficient (Wildman–Crippen LogP) is 3.61. The summed E-state index contributed by atoms with van der Waals surface area (Å²) in [6.07, 6.45) is 0. The number of aryl methyl sites for hydroxylation is 1. The first-order valence-corrected chi connectivity index (χ1v) is 7.25. The lowest BCUT2D eigenvalue weighted by Gasteiger charge is -2.02. The number of carbonyl (C=O) groups excluding carboxylic acids is 1. The molecule has 6 heteroatoms. The molecule has 0 aliphatic heterocycles. The van der Waals surface area contributed by atoms with Gasteiger partial charge in [-0.3, -0.25) is 0 Å². The van der Waals surface area contributed by atoms with E-state index in [0.29, 0.717) is 17.1 Å². The zero-order chi connectivity index (χ0) is 13.8. The molecule has 1 N–H and O–H groups in total. The summed E-state index contributed by atoms with van der Waals surface area (Å²) >= 11 is 4.74. The zero-order valence-electron chi connectivity index (χ0n) is 10.6. The number of thiazole rings is 1. The minimum absolute atomic E-state index is 0.342. The van der Waals surface area contributed by atoms with E-state index in [1.165, 1.54) is 18.4 Å². The van der Waals surface area contributed by atoms with Crippen LogP contribution in [0.25, 0.3) is 0 Å². The molecule has 0 bridgehead atoms. The van der Waals surface area contributed by atoms with Crippen LogP contribution < -0.4 is 5.32 Å². The third kappa shape index (κ3) is 3.54. The third-order valence-corrected chi connectivity index (χ3v) is 4.09. The van der Waals surface area contributed by atoms with Crippen molar-refractivity contribution in [2.75, 3.05) is 12.4 Å². The van der Waals surface area contributed by atoms with Gasteiger partial charge in [0, 0.05) is 11.0 Å². The van der Waals surface area contributed by atoms with Crippen LogP contribution in [0.1, 0.15) is 20.9 Å². The number of nitrogens with zero attached hydrogens (tertiary/aromatic N) is 1. The van der Waals surface area contributed by atoms with Crippen molar-refractivity contribution in [1.82, 2.24) is 4.98 Å². The van der Waals surface area contributed by atoms with Gasteiger partial charge in [0.1, 0.15) is 4.88 Å². The topological polar surface area (TPSA) is 51.2 Å². The van der Waals surface area contributed by atoms with Gasteiger partial charge in [0.2, 0.25) is 0 Å². The van der Waals surface area contributed by atoms with E-state index in [-0.39, 0.29) is 5.97 Å². The Morgan fingerprint density at radius 3 is 3.00 bits per heavy atom. The van der Waals surface area contributed by atoms with Crippen molar-refractivity contribution >= 4 is 38.4 Å². The van der Waals surface area contributed by atoms with Crippen LogP contribution in [-0.4, -0.2) is 18.1 Å². The lowest BCUT2D eigenvalue weighted by Crippen LogP contribution is -1.99. The van der Waals surface area contributed by atoms with Gasteiger partial charge < -0.3 is 10.1 Å². The van der Waals surface area contributed by atoms with Crippen LogP contribution in [0.15, 0.2) is 28.7 Å². The lowest BCUT2D eigenvalue weighted by atomic mass is 10.2. The van der Waals surface area contributed by atoms with E-state index in [0.717, 1.165) is 15.2 Å². The van der Waals surface area contributed by atoms with Gasteiger partial charge in [0.25, 0.3) is 0 Å². The summed E-state index contributed by atoms with van der Waals surface area (Å²) in [6, 6.07) is 8.02. The van der Waals surface area contributed by atoms with E-state index < -0.39 is 0 Å². The summed E-state index contributed by atoms with van der Waals surface area (Å²) in [5.74, 6) is -0.342. The number of esters is 1. The summed E-state index contributed by atoms with van der Waals surface area (Å²) in [7, 11) is 1.37. The molecule has 1 heterocycles. The summed E-state index contributed by atoms with van der Waals surface area (Å²) in [5.41, 5.74) is 1.83. The van der Waals surface area contributed by atoms with Gasteiger partial charge in [0.15, 0.2) is 5.13 Å². The largest absolute Gasteiger partial charge is 0.465 e. The number of hydrogen-bond donors (Lipinski definition) is 1. The number of methoxy groups -OCH3 is 1. The van der Waals surface area contributed by atoms with Crippen molar-refractivity contribution in [3.8, 4) is 0 Å². The fourth-order valence-corrected chi connectivity index (χ4v) is 2.91. The molecule has 19 heavy (non-hydrogen) atoms. The quantitative estimate of drug-likeness (QED) is 0.863. The second-order valence-electron chi connectivity index (χ2n) is 3.91. The third-order valence-electron chi connectivity index (χ3n) is 2.50. The highest BCUT2D eigenvalue weighted by atomic mass is 79.9. The molecule has 0 saturated carbocycles. The number of rotatable bonds is 4. The van der Waals surface area contributed by atoms with Crippen LogP contribution in [0.4, 0.5) is 5.13 Å². The molecule has 1 aromatic heterocycles. The van der Waals surface area contributed by atoms with Crippen LogP contribution in [-0.2, 0) is 11.3 Å². The Balaban J connectivity index is 2.06. The molecule has 1 aromatic carbocycles. The molecule has 0 amide bonds. The highest BCUT2D eigenvalue weighted by Crippen LogP contribution is 2.24. The highest BCUT2D eigenvalue weighted by Gasteiger charge is 2.15. The maximum Gasteiger partial charge on any atom is 0.350 e. The molecule has 0 aliphatic rings. The minimum Gasteiger partial charge on any atom is -0.465 e. The van der Waals surface area contributed by atoms with Gasteiger partial charge >= 0.3 is 5.97 Å². The van der Waals surface area contributed by atoms with Crippen molar-refractivity contribution < 1.29 is 9.53 Å². The van der Waals surface area contributed by atoms with Crippen LogP contribution in [0.2, 0.25) is 0 Å². The summed E-state index contributed by atoms with van der Waals surface area (Å²) in [5, 5.41) is 3.93. The maximum atomic E-state index is 11.5. The first-order valence-electron chi connectivity index (χ1n) is 5.64. The number of carbonyl (C=O) groups is 1. The standard InChI is InChI=1S/C13H13BrN2O2S/c1-8-11(12(17)18-2)19-13(16-8)15-7-9-4-3-5-10(14)6-9/h3-6H,7H2,1-2H3,(H,15,16). The van der Waals surface area contributed by atoms with E-state index in [1.54, 1.807) is 6.92 Å². The Morgan fingerprint density at radius 2 is 2.32 bits per heavy atom. The van der Waals surface area contributed by atoms with E-state index in [9.17, 15) is 4.79 Å². The zero-order valence-corrected chi connectivity index (χ0v) is 13.0. The van der Waals surface area contributed by atoms with Gasteiger partial charge in [-0.1, -0.05) is 39.4 Å². The number of halogens is 1.